The molecule has 0 aliphatic carbocycles. The van der Waals surface area contributed by atoms with Gasteiger partial charge < -0.3 is 0 Å². The number of nitrogens with two attached hydrogens (primary N) is 1. The highest BCUT2D eigenvalue weighted by molar-refractivity contribution is 7.92. The summed E-state index contributed by atoms with van der Waals surface area (Å²) in [7, 11) is -8.34. The van der Waals surface area contributed by atoms with Crippen molar-refractivity contribution >= 4 is 30.9 Å². The van der Waals surface area contributed by atoms with E-state index in [1.807, 2.05) is 20.8 Å². The third-order valence-corrected chi connectivity index (χ3v) is 6.48. The maximum absolute atomic E-state index is 13.0. The second kappa shape index (κ2) is 7.22. The molecule has 2 N–H and O–H groups in total. The Bertz CT molecular complexity index is 1140. The van der Waals surface area contributed by atoms with Crippen LogP contribution in [0.1, 0.15) is 25.0 Å². The van der Waals surface area contributed by atoms with Crippen LogP contribution in [-0.2, 0) is 20.0 Å². The average Bonchev–Trinajstić information content (AvgIpc) is 2.96. The van der Waals surface area contributed by atoms with Crippen molar-refractivity contribution in [1.82, 2.24) is 3.97 Å². The number of nitrogens with zero attached hydrogens (tertiary/aromatic N) is 1. The molecule has 1 aromatic heterocycles. The zero-order chi connectivity index (χ0) is 19.7. The molecule has 140 valence electrons. The topological polar surface area (TPSA) is 99.2 Å². The summed E-state index contributed by atoms with van der Waals surface area (Å²) in [6, 6.07) is 12.5. The van der Waals surface area contributed by atoms with Crippen LogP contribution in [0.2, 0.25) is 0 Å². The SMILES string of the molecule is CC.Cc1ccc(S(=O)(=O)n2c(S(N)(=O)=O)cc3ccc(C)cc32)cc1. The van der Waals surface area contributed by atoms with E-state index in [1.165, 1.54) is 18.2 Å². The standard InChI is InChI=1S/C16H16N2O4S2.C2H6/c1-11-4-7-14(8-5-11)24(21,22)18-15-9-12(2)3-6-13(15)10-16(18)23(17,19)20;1-2/h3-10H,1-2H3,(H2,17,19,20);1-2H3. The van der Waals surface area contributed by atoms with Crippen molar-refractivity contribution in [2.45, 2.75) is 37.6 Å². The van der Waals surface area contributed by atoms with Gasteiger partial charge in [-0.3, -0.25) is 0 Å². The fraction of sp³-hybridized carbons (Fsp3) is 0.222. The molecule has 0 spiro atoms. The Balaban J connectivity index is 0.00000117. The summed E-state index contributed by atoms with van der Waals surface area (Å²) >= 11 is 0. The van der Waals surface area contributed by atoms with Gasteiger partial charge in [-0.2, -0.15) is 0 Å². The van der Waals surface area contributed by atoms with E-state index in [9.17, 15) is 16.8 Å². The summed E-state index contributed by atoms with van der Waals surface area (Å²) in [5.41, 5.74) is 1.98. The minimum atomic E-state index is -4.22. The summed E-state index contributed by atoms with van der Waals surface area (Å²) < 4.78 is 50.8. The van der Waals surface area contributed by atoms with Gasteiger partial charge >= 0.3 is 0 Å². The van der Waals surface area contributed by atoms with Gasteiger partial charge in [-0.15, -0.1) is 0 Å². The predicted octanol–water partition coefficient (Wildman–Crippen LogP) is 3.17. The third-order valence-electron chi connectivity index (χ3n) is 3.73. The maximum atomic E-state index is 13.0. The van der Waals surface area contributed by atoms with Gasteiger partial charge in [0.15, 0.2) is 5.03 Å². The van der Waals surface area contributed by atoms with Crippen LogP contribution in [0.5, 0.6) is 0 Å². The van der Waals surface area contributed by atoms with Gasteiger partial charge in [0, 0.05) is 5.39 Å². The zero-order valence-electron chi connectivity index (χ0n) is 15.1. The average molecular weight is 395 g/mol. The largest absolute Gasteiger partial charge is 0.269 e. The number of hydrogen-bond acceptors (Lipinski definition) is 4. The van der Waals surface area contributed by atoms with E-state index < -0.39 is 25.1 Å². The highest BCUT2D eigenvalue weighted by atomic mass is 32.2. The molecule has 0 aliphatic rings. The number of fused-ring (bicyclic) bond motifs is 1. The summed E-state index contributed by atoms with van der Waals surface area (Å²) in [6.45, 7) is 7.63. The first-order chi connectivity index (χ1) is 12.1. The third kappa shape index (κ3) is 3.67. The van der Waals surface area contributed by atoms with Crippen molar-refractivity contribution in [1.29, 1.82) is 0 Å². The Kier molecular flexibility index (Phi) is 5.60. The molecular weight excluding hydrogens is 372 g/mol. The van der Waals surface area contributed by atoms with Gasteiger partial charge in [-0.05, 0) is 43.7 Å². The quantitative estimate of drug-likeness (QED) is 0.737. The van der Waals surface area contributed by atoms with Gasteiger partial charge in [0.1, 0.15) is 0 Å². The van der Waals surface area contributed by atoms with Crippen LogP contribution in [0.15, 0.2) is 58.5 Å². The molecule has 3 aromatic rings. The lowest BCUT2D eigenvalue weighted by molar-refractivity contribution is 0.574. The number of sulfonamides is 1. The van der Waals surface area contributed by atoms with Crippen LogP contribution in [0.25, 0.3) is 10.9 Å². The van der Waals surface area contributed by atoms with E-state index in [0.29, 0.717) is 5.39 Å². The van der Waals surface area contributed by atoms with Crippen molar-refractivity contribution < 1.29 is 16.8 Å². The zero-order valence-corrected chi connectivity index (χ0v) is 16.7. The van der Waals surface area contributed by atoms with Gasteiger partial charge in [0.25, 0.3) is 20.0 Å². The van der Waals surface area contributed by atoms with Gasteiger partial charge in [-0.25, -0.2) is 25.9 Å². The molecule has 0 radical (unpaired) electrons. The summed E-state index contributed by atoms with van der Waals surface area (Å²) in [5, 5.41) is 5.28. The first-order valence-electron chi connectivity index (χ1n) is 8.08. The van der Waals surface area contributed by atoms with Crippen molar-refractivity contribution in [2.75, 3.05) is 0 Å². The first kappa shape index (κ1) is 20.2. The Morgan fingerprint density at radius 3 is 1.88 bits per heavy atom. The van der Waals surface area contributed by atoms with Crippen LogP contribution in [0, 0.1) is 13.8 Å². The van der Waals surface area contributed by atoms with E-state index in [1.54, 1.807) is 37.3 Å². The van der Waals surface area contributed by atoms with Crippen LogP contribution in [-0.4, -0.2) is 20.8 Å². The summed E-state index contributed by atoms with van der Waals surface area (Å²) in [5.74, 6) is 0. The molecule has 0 atom stereocenters. The number of hydrogen-bond donors (Lipinski definition) is 1. The fourth-order valence-electron chi connectivity index (χ4n) is 2.52. The van der Waals surface area contributed by atoms with E-state index >= 15 is 0 Å². The fourth-order valence-corrected chi connectivity index (χ4v) is 5.15. The monoisotopic (exact) mass is 394 g/mol. The Morgan fingerprint density at radius 2 is 1.35 bits per heavy atom. The molecule has 0 fully saturated rings. The van der Waals surface area contributed by atoms with Crippen LogP contribution >= 0.6 is 0 Å². The van der Waals surface area contributed by atoms with E-state index in [0.717, 1.165) is 15.1 Å². The summed E-state index contributed by atoms with van der Waals surface area (Å²) in [4.78, 5) is -0.00277. The lowest BCUT2D eigenvalue weighted by atomic mass is 10.2. The number of rotatable bonds is 3. The van der Waals surface area contributed by atoms with E-state index in [-0.39, 0.29) is 10.4 Å². The molecule has 1 heterocycles. The first-order valence-corrected chi connectivity index (χ1v) is 11.1. The number of aryl methyl sites for hydroxylation is 2. The van der Waals surface area contributed by atoms with Gasteiger partial charge in [0.05, 0.1) is 10.4 Å². The molecule has 8 heteroatoms. The molecule has 0 aliphatic heterocycles. The highest BCUT2D eigenvalue weighted by Crippen LogP contribution is 2.28. The molecule has 0 bridgehead atoms. The minimum absolute atomic E-state index is 0.00277. The van der Waals surface area contributed by atoms with Crippen molar-refractivity contribution in [3.05, 3.63) is 59.7 Å². The molecule has 0 saturated heterocycles. The predicted molar refractivity (Wildman–Crippen MR) is 103 cm³/mol. The second-order valence-corrected chi connectivity index (χ2v) is 8.97. The Morgan fingerprint density at radius 1 is 0.808 bits per heavy atom. The lowest BCUT2D eigenvalue weighted by Crippen LogP contribution is -2.22. The lowest BCUT2D eigenvalue weighted by Gasteiger charge is -2.11. The van der Waals surface area contributed by atoms with Crippen LogP contribution in [0.3, 0.4) is 0 Å². The van der Waals surface area contributed by atoms with Gasteiger partial charge in [-0.1, -0.05) is 43.7 Å². The molecule has 0 amide bonds. The van der Waals surface area contributed by atoms with Crippen LogP contribution < -0.4 is 5.14 Å². The smallest absolute Gasteiger partial charge is 0.223 e. The Labute approximate surface area is 154 Å². The normalized spacial score (nSPS) is 11.9. The molecule has 0 saturated carbocycles. The van der Waals surface area contributed by atoms with Crippen molar-refractivity contribution in [3.8, 4) is 0 Å². The minimum Gasteiger partial charge on any atom is -0.223 e. The van der Waals surface area contributed by atoms with Crippen molar-refractivity contribution in [2.24, 2.45) is 5.14 Å². The molecular formula is C18H22N2O4S2. The molecule has 3 rings (SSSR count). The summed E-state index contributed by atoms with van der Waals surface area (Å²) in [6.07, 6.45) is 0. The van der Waals surface area contributed by atoms with E-state index in [4.69, 9.17) is 5.14 Å². The molecule has 0 unspecified atom stereocenters. The maximum Gasteiger partial charge on any atom is 0.269 e. The number of aromatic nitrogens is 1. The molecule has 6 nitrogen and oxygen atoms in total. The molecule has 2 aromatic carbocycles. The Hall–Kier alpha value is -2.16. The second-order valence-electron chi connectivity index (χ2n) is 5.67. The number of benzene rings is 2. The number of primary sulfonamides is 1. The highest BCUT2D eigenvalue weighted by Gasteiger charge is 2.27. The van der Waals surface area contributed by atoms with Gasteiger partial charge in [0.2, 0.25) is 0 Å². The van der Waals surface area contributed by atoms with Crippen molar-refractivity contribution in [3.63, 3.8) is 0 Å². The van der Waals surface area contributed by atoms with Crippen LogP contribution in [0.4, 0.5) is 0 Å². The molecule has 26 heavy (non-hydrogen) atoms. The van der Waals surface area contributed by atoms with E-state index in [2.05, 4.69) is 0 Å².